The second-order valence-corrected chi connectivity index (χ2v) is 7.93. The van der Waals surface area contributed by atoms with E-state index in [2.05, 4.69) is 34.2 Å². The number of rotatable bonds is 7. The lowest BCUT2D eigenvalue weighted by Gasteiger charge is -2.35. The number of hydrogen-bond donors (Lipinski definition) is 1. The van der Waals surface area contributed by atoms with Crippen LogP contribution in [0.3, 0.4) is 0 Å². The van der Waals surface area contributed by atoms with Crippen LogP contribution in [0.4, 0.5) is 11.4 Å². The van der Waals surface area contributed by atoms with E-state index < -0.39 is 0 Å². The number of carbonyl (C=O) groups is 2. The number of likely N-dealkylation sites (N-methyl/N-ethyl adjacent to an activating group) is 2. The van der Waals surface area contributed by atoms with Crippen molar-refractivity contribution in [1.29, 1.82) is 0 Å². The maximum absolute atomic E-state index is 13.0. The van der Waals surface area contributed by atoms with Crippen molar-refractivity contribution in [2.24, 2.45) is 0 Å². The standard InChI is InChI=1S/C25H30N4O3/c1-4-27-14-16-28(17-15-27)20-10-8-19(9-11-20)26-23-22(24(30)29(5-2)25(23)31)18-6-12-21(32-3)13-7-18/h6-13,26H,4-5,14-17H2,1-3H3. The largest absolute Gasteiger partial charge is 0.497 e. The van der Waals surface area contributed by atoms with Gasteiger partial charge in [0.05, 0.1) is 12.7 Å². The summed E-state index contributed by atoms with van der Waals surface area (Å²) >= 11 is 0. The van der Waals surface area contributed by atoms with E-state index in [1.54, 1.807) is 38.3 Å². The van der Waals surface area contributed by atoms with Gasteiger partial charge >= 0.3 is 0 Å². The van der Waals surface area contributed by atoms with E-state index in [1.165, 1.54) is 10.6 Å². The van der Waals surface area contributed by atoms with E-state index in [-0.39, 0.29) is 11.8 Å². The molecule has 168 valence electrons. The summed E-state index contributed by atoms with van der Waals surface area (Å²) in [6.07, 6.45) is 0. The van der Waals surface area contributed by atoms with Crippen LogP contribution in [0.25, 0.3) is 5.57 Å². The van der Waals surface area contributed by atoms with Crippen LogP contribution in [-0.4, -0.2) is 68.0 Å². The lowest BCUT2D eigenvalue weighted by atomic mass is 10.0. The molecule has 0 spiro atoms. The Kier molecular flexibility index (Phi) is 6.46. The maximum Gasteiger partial charge on any atom is 0.278 e. The highest BCUT2D eigenvalue weighted by Gasteiger charge is 2.38. The Morgan fingerprint density at radius 1 is 0.844 bits per heavy atom. The number of benzene rings is 2. The molecule has 0 aliphatic carbocycles. The van der Waals surface area contributed by atoms with Gasteiger partial charge < -0.3 is 19.9 Å². The van der Waals surface area contributed by atoms with E-state index >= 15 is 0 Å². The molecule has 2 aromatic rings. The molecule has 2 aromatic carbocycles. The first kappa shape index (κ1) is 21.9. The predicted molar refractivity (Wildman–Crippen MR) is 127 cm³/mol. The van der Waals surface area contributed by atoms with E-state index in [0.717, 1.165) is 38.4 Å². The first-order chi connectivity index (χ1) is 15.5. The molecular weight excluding hydrogens is 404 g/mol. The molecule has 7 nitrogen and oxygen atoms in total. The van der Waals surface area contributed by atoms with Crippen LogP contribution >= 0.6 is 0 Å². The third-order valence-corrected chi connectivity index (χ3v) is 6.18. The number of imide groups is 1. The van der Waals surface area contributed by atoms with Crippen molar-refractivity contribution < 1.29 is 14.3 Å². The van der Waals surface area contributed by atoms with Crippen molar-refractivity contribution in [3.8, 4) is 5.75 Å². The van der Waals surface area contributed by atoms with Crippen LogP contribution in [-0.2, 0) is 9.59 Å². The summed E-state index contributed by atoms with van der Waals surface area (Å²) in [6, 6.07) is 15.3. The van der Waals surface area contributed by atoms with Crippen molar-refractivity contribution in [2.75, 3.05) is 56.6 Å². The fraction of sp³-hybridized carbons (Fsp3) is 0.360. The fourth-order valence-electron chi connectivity index (χ4n) is 4.23. The summed E-state index contributed by atoms with van der Waals surface area (Å²) < 4.78 is 5.22. The summed E-state index contributed by atoms with van der Waals surface area (Å²) in [4.78, 5) is 32.0. The summed E-state index contributed by atoms with van der Waals surface area (Å²) in [5.74, 6) is 0.113. The van der Waals surface area contributed by atoms with E-state index in [0.29, 0.717) is 29.1 Å². The number of hydrogen-bond acceptors (Lipinski definition) is 6. The van der Waals surface area contributed by atoms with Crippen molar-refractivity contribution in [1.82, 2.24) is 9.80 Å². The summed E-state index contributed by atoms with van der Waals surface area (Å²) in [5.41, 5.74) is 3.33. The van der Waals surface area contributed by atoms with Crippen LogP contribution < -0.4 is 15.0 Å². The molecule has 0 atom stereocenters. The Balaban J connectivity index is 1.57. The molecule has 0 bridgehead atoms. The van der Waals surface area contributed by atoms with Gasteiger partial charge in [0.1, 0.15) is 11.4 Å². The van der Waals surface area contributed by atoms with Gasteiger partial charge in [-0.2, -0.15) is 0 Å². The second kappa shape index (κ2) is 9.44. The van der Waals surface area contributed by atoms with Crippen LogP contribution in [0, 0.1) is 0 Å². The van der Waals surface area contributed by atoms with Gasteiger partial charge in [0.15, 0.2) is 0 Å². The molecule has 7 heteroatoms. The molecule has 4 rings (SSSR count). The molecule has 0 aromatic heterocycles. The average molecular weight is 435 g/mol. The number of methoxy groups -OCH3 is 1. The number of amides is 2. The highest BCUT2D eigenvalue weighted by Crippen LogP contribution is 2.31. The Labute approximate surface area is 189 Å². The summed E-state index contributed by atoms with van der Waals surface area (Å²) in [6.45, 7) is 9.56. The van der Waals surface area contributed by atoms with Crippen molar-refractivity contribution in [3.63, 3.8) is 0 Å². The lowest BCUT2D eigenvalue weighted by molar-refractivity contribution is -0.136. The topological polar surface area (TPSA) is 65.1 Å². The number of nitrogens with zero attached hydrogens (tertiary/aromatic N) is 3. The predicted octanol–water partition coefficient (Wildman–Crippen LogP) is 3.05. The van der Waals surface area contributed by atoms with E-state index in [1.807, 2.05) is 12.1 Å². The molecule has 1 saturated heterocycles. The van der Waals surface area contributed by atoms with Crippen molar-refractivity contribution in [2.45, 2.75) is 13.8 Å². The number of nitrogens with one attached hydrogen (secondary N) is 1. The van der Waals surface area contributed by atoms with Crippen LogP contribution in [0.2, 0.25) is 0 Å². The highest BCUT2D eigenvalue weighted by molar-refractivity contribution is 6.36. The number of carbonyl (C=O) groups excluding carboxylic acids is 2. The van der Waals surface area contributed by atoms with Gasteiger partial charge in [-0.25, -0.2) is 0 Å². The summed E-state index contributed by atoms with van der Waals surface area (Å²) in [5, 5.41) is 3.22. The quantitative estimate of drug-likeness (QED) is 0.676. The van der Waals surface area contributed by atoms with Gasteiger partial charge in [-0.05, 0) is 55.4 Å². The first-order valence-corrected chi connectivity index (χ1v) is 11.1. The van der Waals surface area contributed by atoms with Gasteiger partial charge in [-0.3, -0.25) is 14.5 Å². The minimum atomic E-state index is -0.303. The Hall–Kier alpha value is -3.32. The molecule has 1 fully saturated rings. The van der Waals surface area contributed by atoms with Gasteiger partial charge in [-0.1, -0.05) is 19.1 Å². The number of piperazine rings is 1. The smallest absolute Gasteiger partial charge is 0.278 e. The number of ether oxygens (including phenoxy) is 1. The van der Waals surface area contributed by atoms with E-state index in [4.69, 9.17) is 4.74 Å². The maximum atomic E-state index is 13.0. The summed E-state index contributed by atoms with van der Waals surface area (Å²) in [7, 11) is 1.59. The molecule has 32 heavy (non-hydrogen) atoms. The monoisotopic (exact) mass is 434 g/mol. The van der Waals surface area contributed by atoms with Crippen LogP contribution in [0.1, 0.15) is 19.4 Å². The third kappa shape index (κ3) is 4.21. The zero-order valence-corrected chi connectivity index (χ0v) is 18.9. The molecule has 2 heterocycles. The molecule has 0 unspecified atom stereocenters. The third-order valence-electron chi connectivity index (χ3n) is 6.18. The zero-order valence-electron chi connectivity index (χ0n) is 18.9. The lowest BCUT2D eigenvalue weighted by Crippen LogP contribution is -2.46. The van der Waals surface area contributed by atoms with Gasteiger partial charge in [0.2, 0.25) is 0 Å². The zero-order chi connectivity index (χ0) is 22.7. The van der Waals surface area contributed by atoms with Gasteiger partial charge in [0, 0.05) is 44.1 Å². The van der Waals surface area contributed by atoms with Gasteiger partial charge in [-0.15, -0.1) is 0 Å². The van der Waals surface area contributed by atoms with Crippen molar-refractivity contribution in [3.05, 3.63) is 59.8 Å². The molecule has 2 amide bonds. The minimum Gasteiger partial charge on any atom is -0.497 e. The van der Waals surface area contributed by atoms with E-state index in [9.17, 15) is 9.59 Å². The van der Waals surface area contributed by atoms with Gasteiger partial charge in [0.25, 0.3) is 11.8 Å². The number of anilines is 2. The molecule has 0 radical (unpaired) electrons. The van der Waals surface area contributed by atoms with Crippen LogP contribution in [0.5, 0.6) is 5.75 Å². The Bertz CT molecular complexity index is 1010. The minimum absolute atomic E-state index is 0.282. The first-order valence-electron chi connectivity index (χ1n) is 11.1. The van der Waals surface area contributed by atoms with Crippen molar-refractivity contribution >= 4 is 28.8 Å². The average Bonchev–Trinajstić information content (AvgIpc) is 3.08. The normalized spacial score (nSPS) is 17.3. The molecule has 2 aliphatic heterocycles. The molecule has 1 N–H and O–H groups in total. The SMILES string of the molecule is CCN1CCN(c2ccc(NC3=C(c4ccc(OC)cc4)C(=O)N(CC)C3=O)cc2)CC1. The molecular formula is C25H30N4O3. The highest BCUT2D eigenvalue weighted by atomic mass is 16.5. The Morgan fingerprint density at radius 2 is 1.50 bits per heavy atom. The fourth-order valence-corrected chi connectivity index (χ4v) is 4.23. The molecule has 0 saturated carbocycles. The Morgan fingerprint density at radius 3 is 2.06 bits per heavy atom. The molecule has 2 aliphatic rings. The second-order valence-electron chi connectivity index (χ2n) is 7.93. The van der Waals surface area contributed by atoms with Crippen LogP contribution in [0.15, 0.2) is 54.2 Å².